The summed E-state index contributed by atoms with van der Waals surface area (Å²) in [6, 6.07) is 8.53. The van der Waals surface area contributed by atoms with Gasteiger partial charge in [0.25, 0.3) is 11.7 Å². The number of benzene rings is 1. The van der Waals surface area contributed by atoms with Gasteiger partial charge in [0.2, 0.25) is 0 Å². The predicted molar refractivity (Wildman–Crippen MR) is 164 cm³/mol. The third-order valence-electron chi connectivity index (χ3n) is 8.20. The molecule has 0 spiro atoms. The van der Waals surface area contributed by atoms with Crippen LogP contribution < -0.4 is 9.47 Å². The van der Waals surface area contributed by atoms with Crippen molar-refractivity contribution in [3.8, 4) is 11.5 Å². The quantitative estimate of drug-likeness (QED) is 0.140. The molecule has 1 amide bonds. The van der Waals surface area contributed by atoms with Gasteiger partial charge in [-0.15, -0.1) is 0 Å². The zero-order chi connectivity index (χ0) is 30.5. The minimum Gasteiger partial charge on any atom is -0.505 e. The van der Waals surface area contributed by atoms with Crippen molar-refractivity contribution < 1.29 is 28.9 Å². The average molecular weight is 591 g/mol. The Bertz CT molecular complexity index is 1510. The Labute approximate surface area is 252 Å². The van der Waals surface area contributed by atoms with E-state index in [1.807, 2.05) is 61.7 Å². The van der Waals surface area contributed by atoms with Crippen LogP contribution in [-0.2, 0) is 14.3 Å². The maximum atomic E-state index is 13.7. The van der Waals surface area contributed by atoms with Crippen LogP contribution in [0.1, 0.15) is 61.7 Å². The van der Waals surface area contributed by atoms with Crippen LogP contribution in [0.4, 0.5) is 0 Å². The maximum Gasteiger partial charge on any atom is 0.295 e. The van der Waals surface area contributed by atoms with E-state index in [0.29, 0.717) is 67.9 Å². The molecule has 1 atom stereocenters. The van der Waals surface area contributed by atoms with Crippen molar-refractivity contribution in [2.75, 3.05) is 52.6 Å². The number of amides is 1. The van der Waals surface area contributed by atoms with E-state index in [2.05, 4.69) is 11.8 Å². The number of morpholine rings is 1. The number of aliphatic hydroxyl groups excluding tert-OH is 1. The van der Waals surface area contributed by atoms with Gasteiger partial charge in [-0.2, -0.15) is 0 Å². The first-order chi connectivity index (χ1) is 20.8. The number of ether oxygens (including phenoxy) is 3. The molecule has 0 radical (unpaired) electrons. The number of hydrogen-bond donors (Lipinski definition) is 1. The van der Waals surface area contributed by atoms with Gasteiger partial charge in [-0.05, 0) is 56.5 Å². The Hall–Kier alpha value is -3.89. The molecule has 10 heteroatoms. The molecule has 43 heavy (non-hydrogen) atoms. The summed E-state index contributed by atoms with van der Waals surface area (Å²) in [5.41, 5.74) is 3.26. The van der Waals surface area contributed by atoms with Crippen LogP contribution in [0.5, 0.6) is 11.5 Å². The topological polar surface area (TPSA) is 106 Å². The van der Waals surface area contributed by atoms with E-state index in [9.17, 15) is 14.7 Å². The highest BCUT2D eigenvalue weighted by molar-refractivity contribution is 6.46. The number of aliphatic hydroxyl groups is 1. The Morgan fingerprint density at radius 3 is 2.56 bits per heavy atom. The molecular weight excluding hydrogens is 548 g/mol. The standard InChI is InChI=1S/C33H42N4O6/c1-5-7-8-18-43-25-12-11-24(21-26(25)42-6-2)29-27(30(38)28-23(4)36-13-9-10-22(3)32(36)34-28)31(39)33(40)37(29)15-14-35-16-19-41-20-17-35/h9-13,21,29,38H,5-8,14-20H2,1-4H3/b30-27+. The summed E-state index contributed by atoms with van der Waals surface area (Å²) >= 11 is 0. The van der Waals surface area contributed by atoms with E-state index in [-0.39, 0.29) is 17.0 Å². The SMILES string of the molecule is CCCCCOc1ccc(C2/C(=C(\O)c3nc4c(C)cccn4c3C)C(=O)C(=O)N2CCN2CCOCC2)cc1OCC. The van der Waals surface area contributed by atoms with Gasteiger partial charge in [0, 0.05) is 32.4 Å². The normalized spacial score (nSPS) is 19.0. The monoisotopic (exact) mass is 590 g/mol. The lowest BCUT2D eigenvalue weighted by molar-refractivity contribution is -0.140. The summed E-state index contributed by atoms with van der Waals surface area (Å²) in [6.45, 7) is 12.5. The highest BCUT2D eigenvalue weighted by Gasteiger charge is 2.46. The maximum absolute atomic E-state index is 13.7. The molecule has 0 saturated carbocycles. The number of fused-ring (bicyclic) bond motifs is 1. The molecule has 3 aromatic rings. The number of nitrogens with zero attached hydrogens (tertiary/aromatic N) is 4. The van der Waals surface area contributed by atoms with E-state index >= 15 is 0 Å². The third kappa shape index (κ3) is 6.26. The number of likely N-dealkylation sites (tertiary alicyclic amines) is 1. The first-order valence-corrected chi connectivity index (χ1v) is 15.3. The third-order valence-corrected chi connectivity index (χ3v) is 8.20. The van der Waals surface area contributed by atoms with Gasteiger partial charge >= 0.3 is 0 Å². The van der Waals surface area contributed by atoms with Crippen LogP contribution in [0, 0.1) is 13.8 Å². The zero-order valence-corrected chi connectivity index (χ0v) is 25.6. The van der Waals surface area contributed by atoms with E-state index in [1.165, 1.54) is 0 Å². The molecule has 10 nitrogen and oxygen atoms in total. The number of hydrogen-bond acceptors (Lipinski definition) is 8. The number of ketones is 1. The van der Waals surface area contributed by atoms with Crippen LogP contribution in [0.25, 0.3) is 11.4 Å². The second-order valence-corrected chi connectivity index (χ2v) is 11.1. The van der Waals surface area contributed by atoms with Gasteiger partial charge in [-0.3, -0.25) is 14.5 Å². The van der Waals surface area contributed by atoms with E-state index in [0.717, 1.165) is 37.9 Å². The van der Waals surface area contributed by atoms with Gasteiger partial charge in [0.05, 0.1) is 43.7 Å². The largest absolute Gasteiger partial charge is 0.505 e. The van der Waals surface area contributed by atoms with Gasteiger partial charge in [-0.25, -0.2) is 4.98 Å². The zero-order valence-electron chi connectivity index (χ0n) is 25.6. The van der Waals surface area contributed by atoms with Crippen molar-refractivity contribution in [3.05, 3.63) is 64.6 Å². The molecule has 0 aliphatic carbocycles. The highest BCUT2D eigenvalue weighted by Crippen LogP contribution is 2.42. The Balaban J connectivity index is 1.58. The summed E-state index contributed by atoms with van der Waals surface area (Å²) in [7, 11) is 0. The van der Waals surface area contributed by atoms with Crippen molar-refractivity contribution in [1.82, 2.24) is 19.2 Å². The molecule has 230 valence electrons. The first kappa shape index (κ1) is 30.6. The molecule has 1 unspecified atom stereocenters. The number of unbranched alkanes of at least 4 members (excludes halogenated alkanes) is 2. The second kappa shape index (κ2) is 13.6. The molecule has 2 fully saturated rings. The van der Waals surface area contributed by atoms with Gasteiger partial charge in [0.15, 0.2) is 17.3 Å². The van der Waals surface area contributed by atoms with E-state index in [4.69, 9.17) is 19.2 Å². The number of imidazole rings is 1. The van der Waals surface area contributed by atoms with Crippen LogP contribution in [0.2, 0.25) is 0 Å². The molecular formula is C33H42N4O6. The minimum atomic E-state index is -0.820. The summed E-state index contributed by atoms with van der Waals surface area (Å²) < 4.78 is 19.4. The molecule has 5 rings (SSSR count). The Morgan fingerprint density at radius 1 is 1.05 bits per heavy atom. The molecule has 2 aliphatic rings. The van der Waals surface area contributed by atoms with Crippen molar-refractivity contribution in [2.24, 2.45) is 0 Å². The van der Waals surface area contributed by atoms with Crippen LogP contribution >= 0.6 is 0 Å². The predicted octanol–water partition coefficient (Wildman–Crippen LogP) is 4.67. The van der Waals surface area contributed by atoms with Crippen molar-refractivity contribution in [3.63, 3.8) is 0 Å². The van der Waals surface area contributed by atoms with Crippen molar-refractivity contribution in [2.45, 2.75) is 53.0 Å². The number of pyridine rings is 1. The molecule has 4 heterocycles. The fraction of sp³-hybridized carbons (Fsp3) is 0.485. The molecule has 2 aromatic heterocycles. The Morgan fingerprint density at radius 2 is 1.84 bits per heavy atom. The summed E-state index contributed by atoms with van der Waals surface area (Å²) in [6.07, 6.45) is 4.97. The van der Waals surface area contributed by atoms with Crippen molar-refractivity contribution >= 4 is 23.1 Å². The number of Topliss-reactive ketones (excluding diaryl/α,β-unsaturated/α-hetero) is 1. The lowest BCUT2D eigenvalue weighted by atomic mass is 9.96. The number of aryl methyl sites for hydroxylation is 2. The minimum absolute atomic E-state index is 0.0233. The van der Waals surface area contributed by atoms with Crippen LogP contribution in [0.3, 0.4) is 0 Å². The molecule has 2 saturated heterocycles. The summed E-state index contributed by atoms with van der Waals surface area (Å²) in [5, 5.41) is 11.8. The average Bonchev–Trinajstić information content (AvgIpc) is 3.49. The van der Waals surface area contributed by atoms with Crippen LogP contribution in [0.15, 0.2) is 42.1 Å². The van der Waals surface area contributed by atoms with Gasteiger partial charge < -0.3 is 28.6 Å². The lowest BCUT2D eigenvalue weighted by Crippen LogP contribution is -2.42. The number of carbonyl (C=O) groups is 2. The molecule has 1 aromatic carbocycles. The van der Waals surface area contributed by atoms with E-state index in [1.54, 1.807) is 4.90 Å². The second-order valence-electron chi connectivity index (χ2n) is 11.1. The molecule has 1 N–H and O–H groups in total. The number of carbonyl (C=O) groups excluding carboxylic acids is 2. The fourth-order valence-electron chi connectivity index (χ4n) is 5.82. The lowest BCUT2D eigenvalue weighted by Gasteiger charge is -2.31. The molecule has 0 bridgehead atoms. The van der Waals surface area contributed by atoms with Gasteiger partial charge in [0.1, 0.15) is 11.3 Å². The number of aromatic nitrogens is 2. The highest BCUT2D eigenvalue weighted by atomic mass is 16.5. The van der Waals surface area contributed by atoms with Crippen molar-refractivity contribution in [1.29, 1.82) is 0 Å². The summed E-state index contributed by atoms with van der Waals surface area (Å²) in [5.74, 6) is -0.505. The van der Waals surface area contributed by atoms with Gasteiger partial charge in [-0.1, -0.05) is 31.9 Å². The first-order valence-electron chi connectivity index (χ1n) is 15.3. The Kier molecular flexibility index (Phi) is 9.67. The number of rotatable bonds is 12. The molecule has 2 aliphatic heterocycles. The van der Waals surface area contributed by atoms with Crippen LogP contribution in [-0.4, -0.2) is 88.6 Å². The smallest absolute Gasteiger partial charge is 0.295 e. The van der Waals surface area contributed by atoms with E-state index < -0.39 is 17.7 Å². The summed E-state index contributed by atoms with van der Waals surface area (Å²) in [4.78, 5) is 35.8. The fourth-order valence-corrected chi connectivity index (χ4v) is 5.82.